The Kier molecular flexibility index (Phi) is 9.55. The molecule has 144 valence electrons. The number of carbonyl (C=O) groups excluding carboxylic acids is 2. The van der Waals surface area contributed by atoms with Gasteiger partial charge < -0.3 is 14.7 Å². The summed E-state index contributed by atoms with van der Waals surface area (Å²) in [5.74, 6) is -0.188. The quantitative estimate of drug-likeness (QED) is 0.733. The van der Waals surface area contributed by atoms with E-state index in [2.05, 4.69) is 6.92 Å². The smallest absolute Gasteiger partial charge is 0.227 e. The molecule has 0 saturated heterocycles. The van der Waals surface area contributed by atoms with Gasteiger partial charge in [0, 0.05) is 42.9 Å². The third-order valence-electron chi connectivity index (χ3n) is 4.61. The molecule has 1 aromatic rings. The minimum Gasteiger partial charge on any atom is -0.400 e. The monoisotopic (exact) mass is 381 g/mol. The number of benzene rings is 1. The van der Waals surface area contributed by atoms with Crippen molar-refractivity contribution in [2.45, 2.75) is 45.1 Å². The van der Waals surface area contributed by atoms with Crippen LogP contribution in [0, 0.1) is 0 Å². The summed E-state index contributed by atoms with van der Waals surface area (Å²) in [6, 6.07) is 7.32. The number of methoxy groups -OCH3 is 1. The Balaban J connectivity index is 0.00000163. The lowest BCUT2D eigenvalue weighted by Crippen LogP contribution is -2.41. The molecule has 6 heteroatoms. The van der Waals surface area contributed by atoms with Crippen molar-refractivity contribution in [3.8, 4) is 0 Å². The van der Waals surface area contributed by atoms with Gasteiger partial charge in [0.25, 0.3) is 0 Å². The lowest BCUT2D eigenvalue weighted by atomic mass is 9.84. The number of halogens is 1. The molecule has 0 bridgehead atoms. The van der Waals surface area contributed by atoms with E-state index in [1.807, 2.05) is 19.1 Å². The second-order valence-corrected chi connectivity index (χ2v) is 6.55. The molecule has 0 aromatic heterocycles. The number of aliphatic hydroxyl groups is 1. The molecule has 0 fully saturated rings. The zero-order valence-corrected chi connectivity index (χ0v) is 16.6. The van der Waals surface area contributed by atoms with E-state index in [-0.39, 0.29) is 24.3 Å². The Hall–Kier alpha value is -1.69. The van der Waals surface area contributed by atoms with Gasteiger partial charge in [-0.3, -0.25) is 9.59 Å². The highest BCUT2D eigenvalue weighted by Gasteiger charge is 2.33. The Morgan fingerprint density at radius 3 is 2.46 bits per heavy atom. The first-order valence-electron chi connectivity index (χ1n) is 8.71. The van der Waals surface area contributed by atoms with Crippen molar-refractivity contribution in [2.75, 3.05) is 20.8 Å². The van der Waals surface area contributed by atoms with Gasteiger partial charge in [0.05, 0.1) is 12.6 Å². The van der Waals surface area contributed by atoms with Crippen LogP contribution in [-0.4, -0.2) is 49.1 Å². The number of aldehydes is 1. The molecule has 1 aliphatic heterocycles. The second-order valence-electron chi connectivity index (χ2n) is 6.12. The van der Waals surface area contributed by atoms with E-state index in [9.17, 15) is 9.59 Å². The molecule has 0 saturated carbocycles. The SMILES string of the molecule is CCCC(CN1C(=O)CC(c2ccc(Cl)cc2)C(C=O)=C1C)OC.CO. The first-order chi connectivity index (χ1) is 12.5. The number of ether oxygens (including phenoxy) is 1. The fourth-order valence-corrected chi connectivity index (χ4v) is 3.32. The maximum atomic E-state index is 12.7. The van der Waals surface area contributed by atoms with Gasteiger partial charge in [0.2, 0.25) is 5.91 Å². The summed E-state index contributed by atoms with van der Waals surface area (Å²) in [6.45, 7) is 4.40. The van der Waals surface area contributed by atoms with Crippen LogP contribution in [0.15, 0.2) is 35.5 Å². The van der Waals surface area contributed by atoms with E-state index < -0.39 is 0 Å². The molecule has 26 heavy (non-hydrogen) atoms. The van der Waals surface area contributed by atoms with E-state index in [0.717, 1.165) is 37.5 Å². The predicted molar refractivity (Wildman–Crippen MR) is 103 cm³/mol. The maximum Gasteiger partial charge on any atom is 0.227 e. The molecule has 0 aliphatic carbocycles. The Morgan fingerprint density at radius 1 is 1.35 bits per heavy atom. The van der Waals surface area contributed by atoms with Gasteiger partial charge in [-0.2, -0.15) is 0 Å². The molecule has 1 heterocycles. The summed E-state index contributed by atoms with van der Waals surface area (Å²) in [5, 5.41) is 7.64. The number of nitrogens with zero attached hydrogens (tertiary/aromatic N) is 1. The van der Waals surface area contributed by atoms with Crippen molar-refractivity contribution in [3.63, 3.8) is 0 Å². The maximum absolute atomic E-state index is 12.7. The molecule has 2 unspecified atom stereocenters. The zero-order valence-electron chi connectivity index (χ0n) is 15.9. The molecule has 5 nitrogen and oxygen atoms in total. The highest BCUT2D eigenvalue weighted by atomic mass is 35.5. The van der Waals surface area contributed by atoms with Crippen molar-refractivity contribution in [1.29, 1.82) is 0 Å². The number of hydrogen-bond donors (Lipinski definition) is 1. The average molecular weight is 382 g/mol. The van der Waals surface area contributed by atoms with Crippen LogP contribution in [-0.2, 0) is 14.3 Å². The summed E-state index contributed by atoms with van der Waals surface area (Å²) in [5.41, 5.74) is 2.31. The Labute approximate surface area is 160 Å². The molecular weight excluding hydrogens is 354 g/mol. The number of carbonyl (C=O) groups is 2. The van der Waals surface area contributed by atoms with Crippen molar-refractivity contribution in [2.24, 2.45) is 0 Å². The highest BCUT2D eigenvalue weighted by Crippen LogP contribution is 2.35. The second kappa shape index (κ2) is 11.1. The fraction of sp³-hybridized carbons (Fsp3) is 0.500. The lowest BCUT2D eigenvalue weighted by Gasteiger charge is -2.35. The number of hydrogen-bond acceptors (Lipinski definition) is 4. The van der Waals surface area contributed by atoms with Gasteiger partial charge in [0.1, 0.15) is 6.29 Å². The summed E-state index contributed by atoms with van der Waals surface area (Å²) < 4.78 is 5.46. The molecular formula is C20H28ClNO4. The minimum absolute atomic E-state index is 0.0196. The first-order valence-corrected chi connectivity index (χ1v) is 9.08. The van der Waals surface area contributed by atoms with Gasteiger partial charge in [-0.05, 0) is 31.0 Å². The van der Waals surface area contributed by atoms with Gasteiger partial charge in [-0.1, -0.05) is 37.1 Å². The van der Waals surface area contributed by atoms with E-state index in [1.165, 1.54) is 0 Å². The van der Waals surface area contributed by atoms with Crippen molar-refractivity contribution in [3.05, 3.63) is 46.1 Å². The molecule has 0 spiro atoms. The van der Waals surface area contributed by atoms with Crippen LogP contribution in [0.2, 0.25) is 5.02 Å². The first kappa shape index (κ1) is 22.4. The summed E-state index contributed by atoms with van der Waals surface area (Å²) in [4.78, 5) is 26.1. The average Bonchev–Trinajstić information content (AvgIpc) is 2.66. The van der Waals surface area contributed by atoms with E-state index in [1.54, 1.807) is 24.1 Å². The predicted octanol–water partition coefficient (Wildman–Crippen LogP) is 3.55. The van der Waals surface area contributed by atoms with Crippen LogP contribution in [0.4, 0.5) is 0 Å². The number of amides is 1. The van der Waals surface area contributed by atoms with E-state index in [4.69, 9.17) is 21.4 Å². The van der Waals surface area contributed by atoms with Crippen molar-refractivity contribution >= 4 is 23.8 Å². The van der Waals surface area contributed by atoms with Crippen LogP contribution in [0.5, 0.6) is 0 Å². The normalized spacial score (nSPS) is 18.3. The molecule has 1 aliphatic rings. The van der Waals surface area contributed by atoms with Gasteiger partial charge in [-0.15, -0.1) is 0 Å². The third-order valence-corrected chi connectivity index (χ3v) is 4.86. The lowest BCUT2D eigenvalue weighted by molar-refractivity contribution is -0.132. The molecule has 0 radical (unpaired) electrons. The number of allylic oxidation sites excluding steroid dienone is 2. The standard InChI is InChI=1S/C19H24ClNO3.CH4O/c1-4-5-16(24-3)11-21-13(2)18(12-22)17(10-19(21)23)14-6-8-15(20)9-7-14;1-2/h6-9,12,16-17H,4-5,10-11H2,1-3H3;2H,1H3. The molecule has 2 rings (SSSR count). The van der Waals surface area contributed by atoms with Gasteiger partial charge >= 0.3 is 0 Å². The van der Waals surface area contributed by atoms with Gasteiger partial charge in [0.15, 0.2) is 0 Å². The molecule has 1 amide bonds. The minimum atomic E-state index is -0.212. The Bertz CT molecular complexity index is 627. The number of rotatable bonds is 7. The van der Waals surface area contributed by atoms with Crippen LogP contribution >= 0.6 is 11.6 Å². The van der Waals surface area contributed by atoms with Crippen LogP contribution in [0.25, 0.3) is 0 Å². The third kappa shape index (κ3) is 5.40. The van der Waals surface area contributed by atoms with E-state index >= 15 is 0 Å². The number of aliphatic hydroxyl groups excluding tert-OH is 1. The topological polar surface area (TPSA) is 66.8 Å². The molecule has 2 atom stereocenters. The van der Waals surface area contributed by atoms with E-state index in [0.29, 0.717) is 17.1 Å². The van der Waals surface area contributed by atoms with Crippen LogP contribution < -0.4 is 0 Å². The zero-order chi connectivity index (χ0) is 19.7. The summed E-state index contributed by atoms with van der Waals surface area (Å²) in [7, 11) is 2.66. The Morgan fingerprint density at radius 2 is 1.96 bits per heavy atom. The van der Waals surface area contributed by atoms with Gasteiger partial charge in [-0.25, -0.2) is 0 Å². The fourth-order valence-electron chi connectivity index (χ4n) is 3.20. The largest absolute Gasteiger partial charge is 0.400 e. The van der Waals surface area contributed by atoms with Crippen LogP contribution in [0.1, 0.15) is 44.6 Å². The van der Waals surface area contributed by atoms with Crippen molar-refractivity contribution < 1.29 is 19.4 Å². The van der Waals surface area contributed by atoms with Crippen molar-refractivity contribution in [1.82, 2.24) is 4.90 Å². The highest BCUT2D eigenvalue weighted by molar-refractivity contribution is 6.30. The molecule has 1 aromatic carbocycles. The summed E-state index contributed by atoms with van der Waals surface area (Å²) >= 11 is 5.93. The summed E-state index contributed by atoms with van der Waals surface area (Å²) in [6.07, 6.45) is 3.00. The molecule has 1 N–H and O–H groups in total. The van der Waals surface area contributed by atoms with Crippen LogP contribution in [0.3, 0.4) is 0 Å².